The highest BCUT2D eigenvalue weighted by atomic mass is 35.5. The first-order valence-electron chi connectivity index (χ1n) is 8.05. The maximum atomic E-state index is 11.9. The van der Waals surface area contributed by atoms with Gasteiger partial charge >= 0.3 is 6.09 Å². The molecule has 0 spiro atoms. The number of ether oxygens (including phenoxy) is 2. The fourth-order valence-corrected chi connectivity index (χ4v) is 2.59. The third-order valence-electron chi connectivity index (χ3n) is 3.90. The molecule has 0 radical (unpaired) electrons. The zero-order valence-electron chi connectivity index (χ0n) is 15.1. The average molecular weight is 358 g/mol. The molecule has 2 N–H and O–H groups in total. The van der Waals surface area contributed by atoms with E-state index in [1.54, 1.807) is 19.2 Å². The van der Waals surface area contributed by atoms with E-state index in [1.807, 2.05) is 33.8 Å². The first-order valence-corrected chi connectivity index (χ1v) is 8.42. The molecule has 136 valence electrons. The largest absolute Gasteiger partial charge is 0.496 e. The molecule has 1 aromatic rings. The Morgan fingerprint density at radius 3 is 2.50 bits per heavy atom. The molecule has 1 amide bonds. The molecule has 0 aliphatic heterocycles. The van der Waals surface area contributed by atoms with E-state index >= 15 is 0 Å². The Hall–Kier alpha value is -1.46. The smallest absolute Gasteiger partial charge is 0.407 e. The molecule has 0 aromatic heterocycles. The van der Waals surface area contributed by atoms with Crippen molar-refractivity contribution < 1.29 is 19.4 Å². The van der Waals surface area contributed by atoms with Crippen molar-refractivity contribution in [2.75, 3.05) is 20.3 Å². The summed E-state index contributed by atoms with van der Waals surface area (Å²) in [5.41, 5.74) is -0.185. The minimum absolute atomic E-state index is 0.0744. The molecule has 0 saturated heterocycles. The van der Waals surface area contributed by atoms with Gasteiger partial charge < -0.3 is 19.9 Å². The van der Waals surface area contributed by atoms with Gasteiger partial charge in [0.05, 0.1) is 13.7 Å². The molecule has 1 atom stereocenters. The Labute approximate surface area is 149 Å². The van der Waals surface area contributed by atoms with E-state index in [0.717, 1.165) is 5.56 Å². The summed E-state index contributed by atoms with van der Waals surface area (Å²) in [7, 11) is 1.60. The van der Waals surface area contributed by atoms with Gasteiger partial charge in [-0.15, -0.1) is 0 Å². The number of hydrogen-bond acceptors (Lipinski definition) is 4. The summed E-state index contributed by atoms with van der Waals surface area (Å²) in [5.74, 6) is 0.711. The number of carbonyl (C=O) groups excluding carboxylic acids is 1. The van der Waals surface area contributed by atoms with Crippen molar-refractivity contribution in [3.8, 4) is 5.75 Å². The third-order valence-corrected chi connectivity index (χ3v) is 4.14. The first kappa shape index (κ1) is 20.6. The second-order valence-electron chi connectivity index (χ2n) is 7.00. The van der Waals surface area contributed by atoms with Crippen molar-refractivity contribution in [2.24, 2.45) is 5.41 Å². The number of aliphatic hydroxyl groups is 1. The zero-order chi connectivity index (χ0) is 18.4. The van der Waals surface area contributed by atoms with Crippen LogP contribution < -0.4 is 10.1 Å². The van der Waals surface area contributed by atoms with Gasteiger partial charge in [0.25, 0.3) is 0 Å². The maximum Gasteiger partial charge on any atom is 0.407 e. The lowest BCUT2D eigenvalue weighted by Crippen LogP contribution is -2.43. The SMILES string of the molecule is CCC(CO)(CNC(=O)OC(C)(C)C)Cc1cc(Cl)ccc1OC. The van der Waals surface area contributed by atoms with Crippen LogP contribution in [-0.2, 0) is 11.2 Å². The summed E-state index contributed by atoms with van der Waals surface area (Å²) in [5, 5.41) is 13.3. The van der Waals surface area contributed by atoms with Crippen LogP contribution in [0, 0.1) is 5.41 Å². The Kier molecular flexibility index (Phi) is 7.36. The lowest BCUT2D eigenvalue weighted by Gasteiger charge is -2.32. The van der Waals surface area contributed by atoms with Crippen LogP contribution in [0.5, 0.6) is 5.75 Å². The summed E-state index contributed by atoms with van der Waals surface area (Å²) >= 11 is 6.08. The molecule has 1 unspecified atom stereocenters. The second kappa shape index (κ2) is 8.58. The van der Waals surface area contributed by atoms with Gasteiger partial charge in [-0.1, -0.05) is 18.5 Å². The van der Waals surface area contributed by atoms with Gasteiger partial charge in [-0.25, -0.2) is 4.79 Å². The Balaban J connectivity index is 2.89. The van der Waals surface area contributed by atoms with Crippen molar-refractivity contribution in [2.45, 2.75) is 46.1 Å². The van der Waals surface area contributed by atoms with E-state index < -0.39 is 17.1 Å². The molecule has 5 nitrogen and oxygen atoms in total. The van der Waals surface area contributed by atoms with Crippen LogP contribution in [0.25, 0.3) is 0 Å². The van der Waals surface area contributed by atoms with Crippen LogP contribution in [0.1, 0.15) is 39.7 Å². The standard InChI is InChI=1S/C18H28ClNO4/c1-6-18(12-21,11-20-16(22)24-17(2,3)4)10-13-9-14(19)7-8-15(13)23-5/h7-9,21H,6,10-12H2,1-5H3,(H,20,22). The van der Waals surface area contributed by atoms with Crippen molar-refractivity contribution in [3.05, 3.63) is 28.8 Å². The summed E-state index contributed by atoms with van der Waals surface area (Å²) in [6.07, 6.45) is 0.709. The summed E-state index contributed by atoms with van der Waals surface area (Å²) in [6, 6.07) is 5.39. The monoisotopic (exact) mass is 357 g/mol. The van der Waals surface area contributed by atoms with E-state index in [2.05, 4.69) is 5.32 Å². The predicted molar refractivity (Wildman–Crippen MR) is 95.8 cm³/mol. The van der Waals surface area contributed by atoms with Crippen LogP contribution in [0.2, 0.25) is 5.02 Å². The topological polar surface area (TPSA) is 67.8 Å². The fraction of sp³-hybridized carbons (Fsp3) is 0.611. The van der Waals surface area contributed by atoms with Crippen LogP contribution in [0.15, 0.2) is 18.2 Å². The highest BCUT2D eigenvalue weighted by Crippen LogP contribution is 2.32. The molecule has 0 fully saturated rings. The quantitative estimate of drug-likeness (QED) is 0.778. The number of amides is 1. The van der Waals surface area contributed by atoms with Crippen LogP contribution in [0.4, 0.5) is 4.79 Å². The number of rotatable bonds is 7. The van der Waals surface area contributed by atoms with Gasteiger partial charge in [0, 0.05) is 17.0 Å². The molecule has 1 aromatic carbocycles. The Morgan fingerprint density at radius 1 is 1.33 bits per heavy atom. The van der Waals surface area contributed by atoms with Crippen LogP contribution in [0.3, 0.4) is 0 Å². The molecule has 0 heterocycles. The van der Waals surface area contributed by atoms with E-state index in [9.17, 15) is 9.90 Å². The zero-order valence-corrected chi connectivity index (χ0v) is 15.9. The Bertz CT molecular complexity index is 550. The van der Waals surface area contributed by atoms with E-state index in [4.69, 9.17) is 21.1 Å². The van der Waals surface area contributed by atoms with Gasteiger partial charge in [0.1, 0.15) is 11.4 Å². The summed E-state index contributed by atoms with van der Waals surface area (Å²) < 4.78 is 10.6. The Morgan fingerprint density at radius 2 is 2.00 bits per heavy atom. The molecule has 0 bridgehead atoms. The first-order chi connectivity index (χ1) is 11.1. The highest BCUT2D eigenvalue weighted by Gasteiger charge is 2.30. The molecular formula is C18H28ClNO4. The van der Waals surface area contributed by atoms with Gasteiger partial charge in [-0.05, 0) is 57.4 Å². The minimum atomic E-state index is -0.561. The van der Waals surface area contributed by atoms with Crippen molar-refractivity contribution in [1.29, 1.82) is 0 Å². The van der Waals surface area contributed by atoms with Crippen LogP contribution >= 0.6 is 11.6 Å². The normalized spacial score (nSPS) is 14.0. The lowest BCUT2D eigenvalue weighted by atomic mass is 9.79. The maximum absolute atomic E-state index is 11.9. The van der Waals surface area contributed by atoms with Gasteiger partial charge in [0.2, 0.25) is 0 Å². The van der Waals surface area contributed by atoms with E-state index in [-0.39, 0.29) is 6.61 Å². The predicted octanol–water partition coefficient (Wildman–Crippen LogP) is 3.80. The lowest BCUT2D eigenvalue weighted by molar-refractivity contribution is 0.0461. The van der Waals surface area contributed by atoms with Crippen LogP contribution in [-0.4, -0.2) is 37.1 Å². The molecule has 6 heteroatoms. The van der Waals surface area contributed by atoms with Gasteiger partial charge in [-0.2, -0.15) is 0 Å². The summed E-state index contributed by atoms with van der Waals surface area (Å²) in [6.45, 7) is 7.62. The fourth-order valence-electron chi connectivity index (χ4n) is 2.40. The number of benzene rings is 1. The minimum Gasteiger partial charge on any atom is -0.496 e. The number of nitrogens with one attached hydrogen (secondary N) is 1. The number of methoxy groups -OCH3 is 1. The number of hydrogen-bond donors (Lipinski definition) is 2. The molecule has 0 aliphatic carbocycles. The highest BCUT2D eigenvalue weighted by molar-refractivity contribution is 6.30. The van der Waals surface area contributed by atoms with Crippen molar-refractivity contribution in [1.82, 2.24) is 5.32 Å². The molecule has 24 heavy (non-hydrogen) atoms. The van der Waals surface area contributed by atoms with Gasteiger partial charge in [-0.3, -0.25) is 0 Å². The third kappa shape index (κ3) is 6.21. The summed E-state index contributed by atoms with van der Waals surface area (Å²) in [4.78, 5) is 11.9. The number of alkyl carbamates (subject to hydrolysis) is 1. The molecule has 1 rings (SSSR count). The number of aliphatic hydroxyl groups excluding tert-OH is 1. The molecule has 0 aliphatic rings. The molecular weight excluding hydrogens is 330 g/mol. The van der Waals surface area contributed by atoms with Crippen molar-refractivity contribution >= 4 is 17.7 Å². The number of carbonyl (C=O) groups is 1. The van der Waals surface area contributed by atoms with E-state index in [0.29, 0.717) is 30.2 Å². The second-order valence-corrected chi connectivity index (χ2v) is 7.44. The molecule has 0 saturated carbocycles. The number of halogens is 1. The average Bonchev–Trinajstić information content (AvgIpc) is 2.50. The van der Waals surface area contributed by atoms with E-state index in [1.165, 1.54) is 0 Å². The van der Waals surface area contributed by atoms with Gasteiger partial charge in [0.15, 0.2) is 0 Å². The van der Waals surface area contributed by atoms with Crippen molar-refractivity contribution in [3.63, 3.8) is 0 Å².